The van der Waals surface area contributed by atoms with Crippen LogP contribution in [0, 0.1) is 24.0 Å². The summed E-state index contributed by atoms with van der Waals surface area (Å²) >= 11 is 0. The van der Waals surface area contributed by atoms with Crippen molar-refractivity contribution in [2.24, 2.45) is 0 Å². The largest absolute Gasteiger partial charge is 0.317 e. The Hall–Kier alpha value is -2.76. The minimum atomic E-state index is -0.471. The number of carbonyl (C=O) groups is 2. The van der Waals surface area contributed by atoms with Crippen molar-refractivity contribution in [3.05, 3.63) is 56.9 Å². The number of hydrogen-bond donors (Lipinski definition) is 0. The van der Waals surface area contributed by atoms with Crippen LogP contribution in [-0.2, 0) is 0 Å². The highest BCUT2D eigenvalue weighted by molar-refractivity contribution is 6.09. The first-order valence-corrected chi connectivity index (χ1v) is 6.74. The van der Waals surface area contributed by atoms with E-state index in [1.54, 1.807) is 30.5 Å². The second-order valence-electron chi connectivity index (χ2n) is 5.14. The number of rotatable bonds is 4. The van der Waals surface area contributed by atoms with Crippen molar-refractivity contribution < 1.29 is 14.5 Å². The maximum absolute atomic E-state index is 11.9. The number of Topliss-reactive ketones (excluding diaryl/α,β-unsaturated/α-hetero) is 2. The van der Waals surface area contributed by atoms with Crippen molar-refractivity contribution in [3.8, 4) is 5.69 Å². The lowest BCUT2D eigenvalue weighted by molar-refractivity contribution is -0.384. The Balaban J connectivity index is 2.71. The minimum Gasteiger partial charge on any atom is -0.317 e. The third-order valence-electron chi connectivity index (χ3n) is 3.67. The highest BCUT2D eigenvalue weighted by Gasteiger charge is 2.24. The van der Waals surface area contributed by atoms with Gasteiger partial charge in [0.25, 0.3) is 5.69 Å². The van der Waals surface area contributed by atoms with E-state index in [1.807, 2.05) is 0 Å². The first-order chi connectivity index (χ1) is 10.3. The maximum atomic E-state index is 11.9. The molecule has 6 nitrogen and oxygen atoms in total. The van der Waals surface area contributed by atoms with E-state index >= 15 is 0 Å². The van der Waals surface area contributed by atoms with E-state index in [0.29, 0.717) is 28.2 Å². The van der Waals surface area contributed by atoms with Crippen LogP contribution < -0.4 is 0 Å². The number of nitrogens with zero attached hydrogens (tertiary/aromatic N) is 2. The Morgan fingerprint density at radius 1 is 0.955 bits per heavy atom. The summed E-state index contributed by atoms with van der Waals surface area (Å²) in [6.07, 6.45) is 0. The van der Waals surface area contributed by atoms with Crippen molar-refractivity contribution in [2.45, 2.75) is 27.7 Å². The summed E-state index contributed by atoms with van der Waals surface area (Å²) in [5.41, 5.74) is 2.79. The van der Waals surface area contributed by atoms with E-state index in [0.717, 1.165) is 0 Å². The number of ketones is 2. The zero-order chi connectivity index (χ0) is 16.6. The van der Waals surface area contributed by atoms with Gasteiger partial charge in [0.2, 0.25) is 0 Å². The molecule has 0 amide bonds. The Kier molecular flexibility index (Phi) is 3.95. The molecule has 1 aromatic carbocycles. The molecule has 0 spiro atoms. The van der Waals surface area contributed by atoms with E-state index in [2.05, 4.69) is 0 Å². The first kappa shape index (κ1) is 15.6. The molecule has 0 aliphatic carbocycles. The molecule has 0 radical (unpaired) electrons. The number of benzene rings is 1. The molecular weight excluding hydrogens is 284 g/mol. The molecule has 0 unspecified atom stereocenters. The second kappa shape index (κ2) is 5.55. The average Bonchev–Trinajstić information content (AvgIpc) is 2.70. The molecule has 0 bridgehead atoms. The second-order valence-corrected chi connectivity index (χ2v) is 5.14. The number of non-ortho nitro benzene ring substituents is 1. The van der Waals surface area contributed by atoms with Gasteiger partial charge < -0.3 is 4.57 Å². The van der Waals surface area contributed by atoms with Gasteiger partial charge in [-0.3, -0.25) is 19.7 Å². The van der Waals surface area contributed by atoms with Crippen LogP contribution >= 0.6 is 0 Å². The first-order valence-electron chi connectivity index (χ1n) is 6.74. The minimum absolute atomic E-state index is 0.00945. The van der Waals surface area contributed by atoms with Gasteiger partial charge in [-0.2, -0.15) is 0 Å². The van der Waals surface area contributed by atoms with Crippen molar-refractivity contribution in [3.63, 3.8) is 0 Å². The number of hydrogen-bond acceptors (Lipinski definition) is 4. The Morgan fingerprint density at radius 2 is 1.36 bits per heavy atom. The number of nitro benzene ring substituents is 1. The predicted octanol–water partition coefficient (Wildman–Crippen LogP) is 3.41. The lowest BCUT2D eigenvalue weighted by atomic mass is 10.0. The molecular formula is C16H16N2O4. The number of nitro groups is 1. The summed E-state index contributed by atoms with van der Waals surface area (Å²) in [5, 5.41) is 10.7. The van der Waals surface area contributed by atoms with E-state index in [9.17, 15) is 19.7 Å². The van der Waals surface area contributed by atoms with Gasteiger partial charge in [0.05, 0.1) is 4.92 Å². The molecule has 0 aliphatic rings. The van der Waals surface area contributed by atoms with Gasteiger partial charge in [-0.25, -0.2) is 0 Å². The monoisotopic (exact) mass is 300 g/mol. The van der Waals surface area contributed by atoms with E-state index in [4.69, 9.17) is 0 Å². The van der Waals surface area contributed by atoms with E-state index < -0.39 is 4.92 Å². The van der Waals surface area contributed by atoms with Gasteiger partial charge in [-0.15, -0.1) is 0 Å². The van der Waals surface area contributed by atoms with E-state index in [-0.39, 0.29) is 17.3 Å². The fourth-order valence-corrected chi connectivity index (χ4v) is 2.81. The fourth-order valence-electron chi connectivity index (χ4n) is 2.81. The molecule has 0 fully saturated rings. The van der Waals surface area contributed by atoms with Crippen molar-refractivity contribution in [1.82, 2.24) is 4.57 Å². The van der Waals surface area contributed by atoms with Gasteiger partial charge in [-0.1, -0.05) is 0 Å². The molecule has 1 aromatic heterocycles. The smallest absolute Gasteiger partial charge is 0.269 e. The zero-order valence-corrected chi connectivity index (χ0v) is 12.8. The highest BCUT2D eigenvalue weighted by Crippen LogP contribution is 2.28. The summed E-state index contributed by atoms with van der Waals surface area (Å²) in [6.45, 7) is 6.37. The lowest BCUT2D eigenvalue weighted by Crippen LogP contribution is -2.02. The molecule has 1 heterocycles. The van der Waals surface area contributed by atoms with Crippen molar-refractivity contribution >= 4 is 17.3 Å². The maximum Gasteiger partial charge on any atom is 0.269 e. The number of carbonyl (C=O) groups excluding carboxylic acids is 2. The van der Waals surface area contributed by atoms with Crippen LogP contribution in [0.15, 0.2) is 24.3 Å². The third kappa shape index (κ3) is 2.43. The predicted molar refractivity (Wildman–Crippen MR) is 81.9 cm³/mol. The molecule has 0 saturated heterocycles. The lowest BCUT2D eigenvalue weighted by Gasteiger charge is -2.09. The van der Waals surface area contributed by atoms with Crippen LogP contribution in [0.4, 0.5) is 5.69 Å². The van der Waals surface area contributed by atoms with Crippen LogP contribution in [-0.4, -0.2) is 21.1 Å². The van der Waals surface area contributed by atoms with Gasteiger partial charge >= 0.3 is 0 Å². The molecule has 22 heavy (non-hydrogen) atoms. The van der Waals surface area contributed by atoms with Gasteiger partial charge in [0.15, 0.2) is 11.6 Å². The van der Waals surface area contributed by atoms with Gasteiger partial charge in [-0.05, 0) is 39.8 Å². The number of aromatic nitrogens is 1. The van der Waals surface area contributed by atoms with Gasteiger partial charge in [0, 0.05) is 40.3 Å². The highest BCUT2D eigenvalue weighted by atomic mass is 16.6. The molecule has 2 aromatic rings. The summed E-state index contributed by atoms with van der Waals surface area (Å²) in [5.74, 6) is -0.349. The summed E-state index contributed by atoms with van der Waals surface area (Å²) in [6, 6.07) is 6.00. The van der Waals surface area contributed by atoms with Crippen LogP contribution in [0.25, 0.3) is 5.69 Å². The fraction of sp³-hybridized carbons (Fsp3) is 0.250. The topological polar surface area (TPSA) is 82.2 Å². The normalized spacial score (nSPS) is 10.5. The standard InChI is InChI=1S/C16H16N2O4/c1-9-15(11(3)19)16(12(4)20)10(2)17(9)13-5-7-14(8-6-13)18(21)22/h5-8H,1-4H3. The molecule has 0 saturated carbocycles. The summed E-state index contributed by atoms with van der Waals surface area (Å²) < 4.78 is 1.77. The molecule has 0 N–H and O–H groups in total. The van der Waals surface area contributed by atoms with Crippen LogP contribution in [0.2, 0.25) is 0 Å². The average molecular weight is 300 g/mol. The Morgan fingerprint density at radius 3 is 1.68 bits per heavy atom. The molecule has 0 aliphatic heterocycles. The summed E-state index contributed by atoms with van der Waals surface area (Å²) in [4.78, 5) is 34.0. The zero-order valence-electron chi connectivity index (χ0n) is 12.8. The van der Waals surface area contributed by atoms with Crippen molar-refractivity contribution in [2.75, 3.05) is 0 Å². The van der Waals surface area contributed by atoms with Gasteiger partial charge in [0.1, 0.15) is 0 Å². The van der Waals surface area contributed by atoms with Crippen molar-refractivity contribution in [1.29, 1.82) is 0 Å². The molecule has 2 rings (SSSR count). The molecule has 114 valence electrons. The van der Waals surface area contributed by atoms with E-state index in [1.165, 1.54) is 26.0 Å². The van der Waals surface area contributed by atoms with Crippen LogP contribution in [0.1, 0.15) is 46.0 Å². The SMILES string of the molecule is CC(=O)c1c(C(C)=O)c(C)n(-c2ccc([N+](=O)[O-])cc2)c1C. The molecule has 0 atom stereocenters. The quantitative estimate of drug-likeness (QED) is 0.492. The Bertz CT molecular complexity index is 748. The van der Waals surface area contributed by atoms with Crippen LogP contribution in [0.5, 0.6) is 0 Å². The summed E-state index contributed by atoms with van der Waals surface area (Å²) in [7, 11) is 0. The van der Waals surface area contributed by atoms with Crippen LogP contribution in [0.3, 0.4) is 0 Å². The molecule has 6 heteroatoms. The third-order valence-corrected chi connectivity index (χ3v) is 3.67. The Labute approximate surface area is 127 Å².